The SMILES string of the molecule is CC(C)(C)/C=C(/C#N)C(=O)N1CCCC(n2nc(-c3ccc(Oc4cccc(F)c4F)cc3F)c3c(N)ncnc32)C1. The number of amides is 1. The molecule has 1 fully saturated rings. The summed E-state index contributed by atoms with van der Waals surface area (Å²) in [6.45, 7) is 6.47. The smallest absolute Gasteiger partial charge is 0.264 e. The van der Waals surface area contributed by atoms with Crippen molar-refractivity contribution in [3.8, 4) is 28.8 Å². The van der Waals surface area contributed by atoms with E-state index in [1.54, 1.807) is 15.7 Å². The van der Waals surface area contributed by atoms with Crippen molar-refractivity contribution in [3.05, 3.63) is 71.8 Å². The lowest BCUT2D eigenvalue weighted by atomic mass is 9.93. The molecule has 0 bridgehead atoms. The number of rotatable bonds is 5. The minimum Gasteiger partial charge on any atom is -0.454 e. The molecule has 1 unspecified atom stereocenters. The molecule has 0 spiro atoms. The Kier molecular flexibility index (Phi) is 7.60. The van der Waals surface area contributed by atoms with Crippen LogP contribution in [0.1, 0.15) is 39.7 Å². The first-order valence-corrected chi connectivity index (χ1v) is 13.3. The predicted octanol–water partition coefficient (Wildman–Crippen LogP) is 5.94. The summed E-state index contributed by atoms with van der Waals surface area (Å²) in [5.74, 6) is -3.73. The van der Waals surface area contributed by atoms with Crippen LogP contribution in [0.3, 0.4) is 0 Å². The summed E-state index contributed by atoms with van der Waals surface area (Å²) in [5, 5.41) is 14.7. The highest BCUT2D eigenvalue weighted by Crippen LogP contribution is 2.37. The van der Waals surface area contributed by atoms with Gasteiger partial charge in [-0.05, 0) is 42.5 Å². The normalized spacial score (nSPS) is 16.0. The van der Waals surface area contributed by atoms with E-state index in [-0.39, 0.29) is 58.1 Å². The van der Waals surface area contributed by atoms with Gasteiger partial charge in [-0.25, -0.2) is 23.4 Å². The topological polar surface area (TPSA) is 123 Å². The van der Waals surface area contributed by atoms with Crippen LogP contribution in [0.5, 0.6) is 11.5 Å². The Morgan fingerprint density at radius 3 is 2.67 bits per heavy atom. The summed E-state index contributed by atoms with van der Waals surface area (Å²) in [5.41, 5.74) is 6.53. The highest BCUT2D eigenvalue weighted by molar-refractivity contribution is 5.99. The Morgan fingerprint density at radius 2 is 1.95 bits per heavy atom. The van der Waals surface area contributed by atoms with Crippen LogP contribution in [0.2, 0.25) is 0 Å². The fourth-order valence-corrected chi connectivity index (χ4v) is 4.96. The first-order valence-electron chi connectivity index (χ1n) is 13.3. The maximum Gasteiger partial charge on any atom is 0.264 e. The number of nitrogens with zero attached hydrogens (tertiary/aromatic N) is 6. The van der Waals surface area contributed by atoms with Crippen LogP contribution >= 0.6 is 0 Å². The Morgan fingerprint density at radius 1 is 1.17 bits per heavy atom. The van der Waals surface area contributed by atoms with Gasteiger partial charge in [-0.1, -0.05) is 32.9 Å². The fraction of sp³-hybridized carbons (Fsp3) is 0.300. The average molecular weight is 576 g/mol. The van der Waals surface area contributed by atoms with E-state index >= 15 is 4.39 Å². The lowest BCUT2D eigenvalue weighted by Crippen LogP contribution is -2.41. The minimum atomic E-state index is -1.19. The van der Waals surface area contributed by atoms with Gasteiger partial charge in [0.2, 0.25) is 5.82 Å². The van der Waals surface area contributed by atoms with Crippen molar-refractivity contribution in [3.63, 3.8) is 0 Å². The van der Waals surface area contributed by atoms with Gasteiger partial charge in [0.15, 0.2) is 17.2 Å². The Labute approximate surface area is 240 Å². The zero-order valence-corrected chi connectivity index (χ0v) is 23.2. The monoisotopic (exact) mass is 575 g/mol. The van der Waals surface area contributed by atoms with Crippen molar-refractivity contribution in [2.24, 2.45) is 5.41 Å². The van der Waals surface area contributed by atoms with Gasteiger partial charge in [0.1, 0.15) is 41.0 Å². The van der Waals surface area contributed by atoms with Crippen molar-refractivity contribution < 1.29 is 22.7 Å². The third kappa shape index (κ3) is 5.63. The van der Waals surface area contributed by atoms with Crippen molar-refractivity contribution in [1.82, 2.24) is 24.6 Å². The molecule has 1 aliphatic rings. The number of likely N-dealkylation sites (tertiary alicyclic amines) is 1. The van der Waals surface area contributed by atoms with Crippen molar-refractivity contribution in [2.45, 2.75) is 39.7 Å². The molecule has 42 heavy (non-hydrogen) atoms. The summed E-state index contributed by atoms with van der Waals surface area (Å²) < 4.78 is 50.1. The molecule has 4 aromatic rings. The van der Waals surface area contributed by atoms with Crippen LogP contribution in [0.25, 0.3) is 22.3 Å². The number of aromatic nitrogens is 4. The molecule has 1 aliphatic heterocycles. The van der Waals surface area contributed by atoms with Crippen LogP contribution in [-0.4, -0.2) is 43.6 Å². The molecule has 1 amide bonds. The molecule has 216 valence electrons. The van der Waals surface area contributed by atoms with Crippen LogP contribution in [0.15, 0.2) is 54.4 Å². The third-order valence-corrected chi connectivity index (χ3v) is 6.82. The van der Waals surface area contributed by atoms with Gasteiger partial charge >= 0.3 is 0 Å². The minimum absolute atomic E-state index is 0.0493. The number of hydrogen-bond acceptors (Lipinski definition) is 7. The molecule has 9 nitrogen and oxygen atoms in total. The number of piperidine rings is 1. The fourth-order valence-electron chi connectivity index (χ4n) is 4.96. The van der Waals surface area contributed by atoms with E-state index < -0.39 is 17.5 Å². The summed E-state index contributed by atoms with van der Waals surface area (Å²) in [4.78, 5) is 23.3. The molecule has 3 heterocycles. The number of allylic oxidation sites excluding steroid dienone is 1. The van der Waals surface area contributed by atoms with Gasteiger partial charge in [-0.15, -0.1) is 0 Å². The number of nitrogen functional groups attached to an aromatic ring is 1. The number of fused-ring (bicyclic) bond motifs is 1. The number of hydrogen-bond donors (Lipinski definition) is 1. The molecule has 1 atom stereocenters. The van der Waals surface area contributed by atoms with Gasteiger partial charge in [0, 0.05) is 24.7 Å². The second kappa shape index (κ2) is 11.2. The van der Waals surface area contributed by atoms with Gasteiger partial charge in [-0.2, -0.15) is 14.8 Å². The van der Waals surface area contributed by atoms with E-state index in [1.807, 2.05) is 26.8 Å². The number of nitriles is 1. The lowest BCUT2D eigenvalue weighted by molar-refractivity contribution is -0.128. The maximum absolute atomic E-state index is 15.5. The second-order valence-electron chi connectivity index (χ2n) is 11.1. The number of carbonyl (C=O) groups excluding carboxylic acids is 1. The van der Waals surface area contributed by atoms with Gasteiger partial charge in [-0.3, -0.25) is 4.79 Å². The zero-order chi connectivity index (χ0) is 30.2. The van der Waals surface area contributed by atoms with Crippen LogP contribution in [0.4, 0.5) is 19.0 Å². The van der Waals surface area contributed by atoms with Crippen molar-refractivity contribution >= 4 is 22.8 Å². The number of nitrogens with two attached hydrogens (primary N) is 1. The predicted molar refractivity (Wildman–Crippen MR) is 150 cm³/mol. The summed E-state index contributed by atoms with van der Waals surface area (Å²) in [6.07, 6.45) is 4.25. The summed E-state index contributed by atoms with van der Waals surface area (Å²) >= 11 is 0. The molecule has 5 rings (SSSR count). The van der Waals surface area contributed by atoms with Gasteiger partial charge < -0.3 is 15.4 Å². The standard InChI is InChI=1S/C30H28F3N7O2/c1-30(2,3)13-17(14-34)29(41)39-11-5-6-18(15-39)40-28-24(27(35)36-16-37-28)26(38-40)20-10-9-19(12-22(20)32)42-23-8-4-7-21(31)25(23)33/h4,7-10,12-13,16,18H,5-6,11,15H2,1-3H3,(H2,35,36,37)/b17-13-. The maximum atomic E-state index is 15.5. The Bertz CT molecular complexity index is 1750. The first kappa shape index (κ1) is 28.6. The first-order chi connectivity index (χ1) is 20.0. The van der Waals surface area contributed by atoms with E-state index in [4.69, 9.17) is 10.5 Å². The number of carbonyl (C=O) groups is 1. The molecule has 2 aromatic carbocycles. The lowest BCUT2D eigenvalue weighted by Gasteiger charge is -2.33. The van der Waals surface area contributed by atoms with E-state index in [9.17, 15) is 18.8 Å². The Hall–Kier alpha value is -4.92. The number of anilines is 1. The molecule has 12 heteroatoms. The van der Waals surface area contributed by atoms with E-state index in [0.29, 0.717) is 30.4 Å². The van der Waals surface area contributed by atoms with Crippen LogP contribution < -0.4 is 10.5 Å². The van der Waals surface area contributed by atoms with E-state index in [0.717, 1.165) is 12.1 Å². The molecule has 2 N–H and O–H groups in total. The van der Waals surface area contributed by atoms with Crippen molar-refractivity contribution in [1.29, 1.82) is 5.26 Å². The van der Waals surface area contributed by atoms with E-state index in [1.165, 1.54) is 30.6 Å². The van der Waals surface area contributed by atoms with Crippen LogP contribution in [-0.2, 0) is 4.79 Å². The molecule has 0 radical (unpaired) electrons. The summed E-state index contributed by atoms with van der Waals surface area (Å²) in [6, 6.07) is 8.99. The number of benzene rings is 2. The molecular weight excluding hydrogens is 547 g/mol. The molecule has 0 saturated carbocycles. The molecular formula is C30H28F3N7O2. The molecule has 0 aliphatic carbocycles. The zero-order valence-electron chi connectivity index (χ0n) is 23.2. The molecule has 2 aromatic heterocycles. The Balaban J connectivity index is 1.49. The quantitative estimate of drug-likeness (QED) is 0.231. The highest BCUT2D eigenvalue weighted by atomic mass is 19.2. The third-order valence-electron chi connectivity index (χ3n) is 6.82. The van der Waals surface area contributed by atoms with Crippen LogP contribution in [0, 0.1) is 34.2 Å². The second-order valence-corrected chi connectivity index (χ2v) is 11.1. The molecule has 1 saturated heterocycles. The van der Waals surface area contributed by atoms with Crippen molar-refractivity contribution in [2.75, 3.05) is 18.8 Å². The number of halogens is 3. The largest absolute Gasteiger partial charge is 0.454 e. The number of ether oxygens (including phenoxy) is 1. The average Bonchev–Trinajstić information content (AvgIpc) is 3.34. The highest BCUT2D eigenvalue weighted by Gasteiger charge is 2.31. The summed E-state index contributed by atoms with van der Waals surface area (Å²) in [7, 11) is 0. The van der Waals surface area contributed by atoms with Gasteiger partial charge in [0.05, 0.1) is 11.4 Å². The van der Waals surface area contributed by atoms with Gasteiger partial charge in [0.25, 0.3) is 5.91 Å². The van der Waals surface area contributed by atoms with E-state index in [2.05, 4.69) is 15.1 Å².